The van der Waals surface area contributed by atoms with E-state index in [0.29, 0.717) is 5.75 Å². The lowest BCUT2D eigenvalue weighted by atomic mass is 10.1. The van der Waals surface area contributed by atoms with Gasteiger partial charge < -0.3 is 0 Å². The number of carbonyl (C=O) groups is 1. The zero-order valence-electron chi connectivity index (χ0n) is 11.5. The first-order valence-corrected chi connectivity index (χ1v) is 8.22. The van der Waals surface area contributed by atoms with Crippen molar-refractivity contribution in [3.05, 3.63) is 51.2 Å². The third-order valence-corrected chi connectivity index (χ3v) is 5.40. The van der Waals surface area contributed by atoms with Gasteiger partial charge in [-0.15, -0.1) is 23.1 Å². The lowest BCUT2D eigenvalue weighted by Gasteiger charge is -2.04. The predicted octanol–water partition coefficient (Wildman–Crippen LogP) is 4.90. The Bertz CT molecular complexity index is 584. The van der Waals surface area contributed by atoms with Crippen molar-refractivity contribution in [3.63, 3.8) is 0 Å². The molecule has 1 heterocycles. The second kappa shape index (κ2) is 6.40. The largest absolute Gasteiger partial charge is 0.292 e. The Morgan fingerprint density at radius 2 is 1.95 bits per heavy atom. The maximum Gasteiger partial charge on any atom is 0.182 e. The van der Waals surface area contributed by atoms with Gasteiger partial charge in [-0.3, -0.25) is 4.79 Å². The molecule has 0 saturated heterocycles. The summed E-state index contributed by atoms with van der Waals surface area (Å²) in [7, 11) is 0. The molecular formula is C16H18OS2. The van der Waals surface area contributed by atoms with E-state index in [4.69, 9.17) is 0 Å². The molecule has 19 heavy (non-hydrogen) atoms. The summed E-state index contributed by atoms with van der Waals surface area (Å²) in [6, 6.07) is 10.4. The fraction of sp³-hybridized carbons (Fsp3) is 0.312. The molecule has 2 rings (SSSR count). The molecule has 1 nitrogen and oxygen atoms in total. The van der Waals surface area contributed by atoms with E-state index in [1.807, 2.05) is 6.07 Å². The number of aryl methyl sites for hydroxylation is 3. The van der Waals surface area contributed by atoms with Crippen LogP contribution >= 0.6 is 23.1 Å². The zero-order chi connectivity index (χ0) is 13.8. The van der Waals surface area contributed by atoms with Gasteiger partial charge in [-0.25, -0.2) is 0 Å². The van der Waals surface area contributed by atoms with Crippen LogP contribution in [0.5, 0.6) is 0 Å². The van der Waals surface area contributed by atoms with E-state index in [1.54, 1.807) is 23.1 Å². The lowest BCUT2D eigenvalue weighted by molar-refractivity contribution is 0.102. The molecule has 0 unspecified atom stereocenters. The van der Waals surface area contributed by atoms with Crippen LogP contribution in [0, 0.1) is 13.8 Å². The predicted molar refractivity (Wildman–Crippen MR) is 84.7 cm³/mol. The number of ketones is 1. The van der Waals surface area contributed by atoms with Crippen LogP contribution in [0.1, 0.15) is 32.6 Å². The Labute approximate surface area is 123 Å². The number of hydrogen-bond donors (Lipinski definition) is 0. The summed E-state index contributed by atoms with van der Waals surface area (Å²) in [6.45, 7) is 6.32. The minimum atomic E-state index is 0.230. The van der Waals surface area contributed by atoms with Crippen molar-refractivity contribution in [3.8, 4) is 0 Å². The molecule has 2 aromatic rings. The average molecular weight is 290 g/mol. The van der Waals surface area contributed by atoms with Gasteiger partial charge in [-0.1, -0.05) is 13.0 Å². The molecule has 0 spiro atoms. The molecule has 100 valence electrons. The Kier molecular flexibility index (Phi) is 4.83. The molecule has 0 amide bonds. The first-order valence-electron chi connectivity index (χ1n) is 6.42. The molecule has 1 aromatic carbocycles. The first kappa shape index (κ1) is 14.4. The van der Waals surface area contributed by atoms with Crippen LogP contribution < -0.4 is 0 Å². The van der Waals surface area contributed by atoms with Crippen LogP contribution in [0.15, 0.2) is 35.2 Å². The standard InChI is InChI=1S/C16H18OS2/c1-4-13-7-8-16(19-13)15(17)10-18-14-6-5-11(2)12(3)9-14/h5-9H,4,10H2,1-3H3. The number of carbonyl (C=O) groups excluding carboxylic acids is 1. The minimum absolute atomic E-state index is 0.230. The van der Waals surface area contributed by atoms with Gasteiger partial charge in [0.2, 0.25) is 0 Å². The fourth-order valence-corrected chi connectivity index (χ4v) is 3.60. The fourth-order valence-electron chi connectivity index (χ4n) is 1.74. The van der Waals surface area contributed by atoms with E-state index < -0.39 is 0 Å². The highest BCUT2D eigenvalue weighted by Gasteiger charge is 2.09. The molecule has 0 bridgehead atoms. The summed E-state index contributed by atoms with van der Waals surface area (Å²) in [5.74, 6) is 0.750. The molecular weight excluding hydrogens is 272 g/mol. The van der Waals surface area contributed by atoms with Crippen LogP contribution in [-0.4, -0.2) is 11.5 Å². The van der Waals surface area contributed by atoms with Crippen LogP contribution in [0.2, 0.25) is 0 Å². The zero-order valence-corrected chi connectivity index (χ0v) is 13.2. The van der Waals surface area contributed by atoms with Gasteiger partial charge in [0.1, 0.15) is 0 Å². The van der Waals surface area contributed by atoms with Gasteiger partial charge in [0.05, 0.1) is 10.6 Å². The van der Waals surface area contributed by atoms with Gasteiger partial charge in [0.15, 0.2) is 5.78 Å². The van der Waals surface area contributed by atoms with Crippen molar-refractivity contribution in [1.82, 2.24) is 0 Å². The summed E-state index contributed by atoms with van der Waals surface area (Å²) in [4.78, 5) is 15.4. The summed E-state index contributed by atoms with van der Waals surface area (Å²) in [5, 5.41) is 0. The Morgan fingerprint density at radius 3 is 2.58 bits per heavy atom. The third kappa shape index (κ3) is 3.71. The van der Waals surface area contributed by atoms with Gasteiger partial charge in [-0.05, 0) is 55.7 Å². The van der Waals surface area contributed by atoms with E-state index in [2.05, 4.69) is 45.0 Å². The average Bonchev–Trinajstić information content (AvgIpc) is 2.88. The molecule has 1 aromatic heterocycles. The topological polar surface area (TPSA) is 17.1 Å². The maximum atomic E-state index is 12.1. The molecule has 0 radical (unpaired) electrons. The molecule has 0 aliphatic heterocycles. The SMILES string of the molecule is CCc1ccc(C(=O)CSc2ccc(C)c(C)c2)s1. The normalized spacial score (nSPS) is 10.7. The number of thiophene rings is 1. The minimum Gasteiger partial charge on any atom is -0.292 e. The Balaban J connectivity index is 1.98. The summed E-state index contributed by atoms with van der Waals surface area (Å²) in [6.07, 6.45) is 1.00. The van der Waals surface area contributed by atoms with Gasteiger partial charge in [-0.2, -0.15) is 0 Å². The molecule has 0 saturated carbocycles. The second-order valence-corrected chi connectivity index (χ2v) is 6.79. The summed E-state index contributed by atoms with van der Waals surface area (Å²) >= 11 is 3.24. The number of rotatable bonds is 5. The van der Waals surface area contributed by atoms with Gasteiger partial charge >= 0.3 is 0 Å². The van der Waals surface area contributed by atoms with Crippen LogP contribution in [0.25, 0.3) is 0 Å². The van der Waals surface area contributed by atoms with Crippen molar-refractivity contribution in [2.24, 2.45) is 0 Å². The summed E-state index contributed by atoms with van der Waals surface area (Å²) < 4.78 is 0. The third-order valence-electron chi connectivity index (χ3n) is 3.13. The highest BCUT2D eigenvalue weighted by Crippen LogP contribution is 2.24. The molecule has 0 aliphatic rings. The van der Waals surface area contributed by atoms with Crippen LogP contribution in [-0.2, 0) is 6.42 Å². The maximum absolute atomic E-state index is 12.1. The molecule has 0 fully saturated rings. The molecule has 0 aliphatic carbocycles. The van der Waals surface area contributed by atoms with E-state index in [9.17, 15) is 4.79 Å². The van der Waals surface area contributed by atoms with E-state index in [1.165, 1.54) is 20.9 Å². The number of Topliss-reactive ketones (excluding diaryl/α,β-unsaturated/α-hetero) is 1. The van der Waals surface area contributed by atoms with Crippen LogP contribution in [0.4, 0.5) is 0 Å². The number of benzene rings is 1. The molecule has 0 atom stereocenters. The monoisotopic (exact) mass is 290 g/mol. The Hall–Kier alpha value is -1.06. The molecule has 0 N–H and O–H groups in total. The smallest absolute Gasteiger partial charge is 0.182 e. The van der Waals surface area contributed by atoms with Crippen molar-refractivity contribution in [1.29, 1.82) is 0 Å². The summed E-state index contributed by atoms with van der Waals surface area (Å²) in [5.41, 5.74) is 2.57. The van der Waals surface area contributed by atoms with Crippen molar-refractivity contribution < 1.29 is 4.79 Å². The number of hydrogen-bond acceptors (Lipinski definition) is 3. The van der Waals surface area contributed by atoms with E-state index in [-0.39, 0.29) is 5.78 Å². The van der Waals surface area contributed by atoms with Crippen molar-refractivity contribution in [2.45, 2.75) is 32.1 Å². The first-order chi connectivity index (χ1) is 9.10. The Morgan fingerprint density at radius 1 is 1.16 bits per heavy atom. The molecule has 3 heteroatoms. The van der Waals surface area contributed by atoms with E-state index >= 15 is 0 Å². The second-order valence-electron chi connectivity index (χ2n) is 4.58. The lowest BCUT2D eigenvalue weighted by Crippen LogP contribution is -1.99. The number of thioether (sulfide) groups is 1. The van der Waals surface area contributed by atoms with Gasteiger partial charge in [0.25, 0.3) is 0 Å². The quantitative estimate of drug-likeness (QED) is 0.575. The van der Waals surface area contributed by atoms with Crippen LogP contribution in [0.3, 0.4) is 0 Å². The van der Waals surface area contributed by atoms with Crippen molar-refractivity contribution in [2.75, 3.05) is 5.75 Å². The van der Waals surface area contributed by atoms with Crippen molar-refractivity contribution >= 4 is 28.9 Å². The van der Waals surface area contributed by atoms with Gasteiger partial charge in [0, 0.05) is 9.77 Å². The van der Waals surface area contributed by atoms with E-state index in [0.717, 1.165) is 11.3 Å². The highest BCUT2D eigenvalue weighted by molar-refractivity contribution is 8.00. The highest BCUT2D eigenvalue weighted by atomic mass is 32.2.